The van der Waals surface area contributed by atoms with Gasteiger partial charge in [0.2, 0.25) is 0 Å². The lowest BCUT2D eigenvalue weighted by Crippen LogP contribution is -2.12. The van der Waals surface area contributed by atoms with Gasteiger partial charge in [0, 0.05) is 17.1 Å². The van der Waals surface area contributed by atoms with Gasteiger partial charge in [-0.05, 0) is 17.0 Å². The molecule has 0 heterocycles. The summed E-state index contributed by atoms with van der Waals surface area (Å²) in [6, 6.07) is 24.9. The molecular weight excluding hydrogens is 276 g/mol. The second-order valence-electron chi connectivity index (χ2n) is 5.08. The van der Waals surface area contributed by atoms with Crippen LogP contribution in [0.2, 0.25) is 0 Å². The molecule has 1 nitrogen and oxygen atoms in total. The minimum atomic E-state index is 0.300. The Bertz CT molecular complexity index is 704. The third-order valence-corrected chi connectivity index (χ3v) is 4.12. The summed E-state index contributed by atoms with van der Waals surface area (Å²) in [5, 5.41) is 2.36. The summed E-state index contributed by atoms with van der Waals surface area (Å²) in [5.74, 6) is 2.01. The fourth-order valence-corrected chi connectivity index (χ4v) is 2.81. The van der Waals surface area contributed by atoms with Crippen molar-refractivity contribution in [3.05, 3.63) is 78.4 Å². The van der Waals surface area contributed by atoms with E-state index in [4.69, 9.17) is 4.74 Å². The van der Waals surface area contributed by atoms with Gasteiger partial charge in [0.05, 0.1) is 6.61 Å². The van der Waals surface area contributed by atoms with E-state index < -0.39 is 0 Å². The van der Waals surface area contributed by atoms with Gasteiger partial charge in [-0.25, -0.2) is 0 Å². The molecule has 3 aromatic rings. The minimum Gasteiger partial charge on any atom is -0.492 e. The first-order valence-corrected chi connectivity index (χ1v) is 7.78. The first kappa shape index (κ1) is 14.0. The average Bonchev–Trinajstić information content (AvgIpc) is 2.56. The molecule has 0 bridgehead atoms. The van der Waals surface area contributed by atoms with E-state index in [-0.39, 0.29) is 0 Å². The average molecular weight is 294 g/mol. The van der Waals surface area contributed by atoms with Gasteiger partial charge >= 0.3 is 0 Å². The van der Waals surface area contributed by atoms with E-state index in [2.05, 4.69) is 55.1 Å². The molecule has 0 spiro atoms. The molecule has 21 heavy (non-hydrogen) atoms. The van der Waals surface area contributed by atoms with Crippen LogP contribution in [0.5, 0.6) is 5.75 Å². The van der Waals surface area contributed by atoms with Crippen LogP contribution < -0.4 is 4.74 Å². The Morgan fingerprint density at radius 1 is 0.810 bits per heavy atom. The molecule has 0 aliphatic heterocycles. The maximum absolute atomic E-state index is 6.08. The quantitative estimate of drug-likeness (QED) is 0.656. The molecular formula is C19H18OS. The van der Waals surface area contributed by atoms with Crippen molar-refractivity contribution < 1.29 is 4.74 Å². The summed E-state index contributed by atoms with van der Waals surface area (Å²) < 4.78 is 6.08. The summed E-state index contributed by atoms with van der Waals surface area (Å²) >= 11 is 4.47. The lowest BCUT2D eigenvalue weighted by Gasteiger charge is -2.17. The summed E-state index contributed by atoms with van der Waals surface area (Å²) in [4.78, 5) is 0. The van der Waals surface area contributed by atoms with E-state index in [0.29, 0.717) is 12.5 Å². The van der Waals surface area contributed by atoms with Gasteiger partial charge in [0.15, 0.2) is 0 Å². The van der Waals surface area contributed by atoms with Crippen LogP contribution in [0.4, 0.5) is 0 Å². The second kappa shape index (κ2) is 6.68. The largest absolute Gasteiger partial charge is 0.492 e. The fourth-order valence-electron chi connectivity index (χ4n) is 2.49. The van der Waals surface area contributed by atoms with Crippen LogP contribution >= 0.6 is 12.6 Å². The molecule has 1 unspecified atom stereocenters. The Hall–Kier alpha value is -1.93. The van der Waals surface area contributed by atoms with Gasteiger partial charge in [-0.2, -0.15) is 12.6 Å². The monoisotopic (exact) mass is 294 g/mol. The van der Waals surface area contributed by atoms with Crippen molar-refractivity contribution in [2.45, 2.75) is 5.92 Å². The van der Waals surface area contributed by atoms with Crippen LogP contribution in [-0.4, -0.2) is 12.4 Å². The van der Waals surface area contributed by atoms with Crippen molar-refractivity contribution in [1.82, 2.24) is 0 Å². The van der Waals surface area contributed by atoms with Crippen LogP contribution in [-0.2, 0) is 0 Å². The third kappa shape index (κ3) is 3.22. The van der Waals surface area contributed by atoms with Crippen LogP contribution in [0.25, 0.3) is 10.8 Å². The highest BCUT2D eigenvalue weighted by atomic mass is 32.1. The zero-order chi connectivity index (χ0) is 14.5. The zero-order valence-electron chi connectivity index (χ0n) is 11.8. The second-order valence-corrected chi connectivity index (χ2v) is 5.44. The smallest absolute Gasteiger partial charge is 0.127 e. The molecule has 0 aliphatic carbocycles. The third-order valence-electron chi connectivity index (χ3n) is 3.68. The summed E-state index contributed by atoms with van der Waals surface area (Å²) in [5.41, 5.74) is 1.27. The molecule has 0 aliphatic rings. The first-order valence-electron chi connectivity index (χ1n) is 7.15. The number of thiol groups is 1. The summed E-state index contributed by atoms with van der Waals surface area (Å²) in [6.45, 7) is 0.640. The predicted molar refractivity (Wildman–Crippen MR) is 92.5 cm³/mol. The molecule has 2 heteroatoms. The number of benzene rings is 3. The molecule has 0 radical (unpaired) electrons. The van der Waals surface area contributed by atoms with Crippen molar-refractivity contribution in [1.29, 1.82) is 0 Å². The van der Waals surface area contributed by atoms with Crippen molar-refractivity contribution >= 4 is 23.4 Å². The Morgan fingerprint density at radius 3 is 2.33 bits per heavy atom. The highest BCUT2D eigenvalue weighted by Crippen LogP contribution is 2.27. The van der Waals surface area contributed by atoms with Crippen LogP contribution in [0, 0.1) is 0 Å². The molecule has 0 aromatic heterocycles. The van der Waals surface area contributed by atoms with Gasteiger partial charge in [0.1, 0.15) is 5.75 Å². The van der Waals surface area contributed by atoms with E-state index >= 15 is 0 Å². The number of ether oxygens (including phenoxy) is 1. The SMILES string of the molecule is SCC(COc1cccc2ccccc12)c1ccccc1. The van der Waals surface area contributed by atoms with Crippen LogP contribution in [0.15, 0.2) is 72.8 Å². The Balaban J connectivity index is 1.79. The Labute approximate surface area is 131 Å². The minimum absolute atomic E-state index is 0.300. The number of hydrogen-bond donors (Lipinski definition) is 1. The zero-order valence-corrected chi connectivity index (χ0v) is 12.7. The van der Waals surface area contributed by atoms with Crippen molar-refractivity contribution in [3.63, 3.8) is 0 Å². The van der Waals surface area contributed by atoms with Gasteiger partial charge in [-0.1, -0.05) is 66.7 Å². The highest BCUT2D eigenvalue weighted by Gasteiger charge is 2.11. The van der Waals surface area contributed by atoms with Crippen molar-refractivity contribution in [3.8, 4) is 5.75 Å². The fraction of sp³-hybridized carbons (Fsp3) is 0.158. The van der Waals surface area contributed by atoms with Gasteiger partial charge in [0.25, 0.3) is 0 Å². The molecule has 0 saturated carbocycles. The van der Waals surface area contributed by atoms with E-state index in [1.54, 1.807) is 0 Å². The maximum Gasteiger partial charge on any atom is 0.127 e. The van der Waals surface area contributed by atoms with E-state index in [0.717, 1.165) is 16.9 Å². The predicted octanol–water partition coefficient (Wildman–Crippen LogP) is 4.93. The Kier molecular flexibility index (Phi) is 4.46. The lowest BCUT2D eigenvalue weighted by molar-refractivity contribution is 0.301. The molecule has 3 rings (SSSR count). The molecule has 3 aromatic carbocycles. The lowest BCUT2D eigenvalue weighted by atomic mass is 10.0. The molecule has 0 saturated heterocycles. The van der Waals surface area contributed by atoms with Gasteiger partial charge < -0.3 is 4.74 Å². The Morgan fingerprint density at radius 2 is 1.52 bits per heavy atom. The first-order chi connectivity index (χ1) is 10.4. The molecule has 0 N–H and O–H groups in total. The van der Waals surface area contributed by atoms with Crippen LogP contribution in [0.1, 0.15) is 11.5 Å². The maximum atomic E-state index is 6.08. The summed E-state index contributed by atoms with van der Waals surface area (Å²) in [7, 11) is 0. The van der Waals surface area contributed by atoms with E-state index in [9.17, 15) is 0 Å². The topological polar surface area (TPSA) is 9.23 Å². The van der Waals surface area contributed by atoms with E-state index in [1.807, 2.05) is 30.3 Å². The molecule has 0 fully saturated rings. The summed E-state index contributed by atoms with van der Waals surface area (Å²) in [6.07, 6.45) is 0. The molecule has 0 amide bonds. The van der Waals surface area contributed by atoms with Crippen molar-refractivity contribution in [2.24, 2.45) is 0 Å². The molecule has 106 valence electrons. The highest BCUT2D eigenvalue weighted by molar-refractivity contribution is 7.80. The number of fused-ring (bicyclic) bond motifs is 1. The van der Waals surface area contributed by atoms with Gasteiger partial charge in [-0.3, -0.25) is 0 Å². The number of rotatable bonds is 5. The van der Waals surface area contributed by atoms with Crippen LogP contribution in [0.3, 0.4) is 0 Å². The van der Waals surface area contributed by atoms with Gasteiger partial charge in [-0.15, -0.1) is 0 Å². The normalized spacial score (nSPS) is 12.2. The number of hydrogen-bond acceptors (Lipinski definition) is 2. The van der Waals surface area contributed by atoms with Crippen molar-refractivity contribution in [2.75, 3.05) is 12.4 Å². The van der Waals surface area contributed by atoms with E-state index in [1.165, 1.54) is 10.9 Å². The molecule has 1 atom stereocenters. The standard InChI is InChI=1S/C19H18OS/c21-14-17(15-7-2-1-3-8-15)13-20-19-12-6-10-16-9-4-5-11-18(16)19/h1-12,17,21H,13-14H2.